The van der Waals surface area contributed by atoms with Crippen LogP contribution in [0, 0.1) is 16.0 Å². The number of hydrogen-bond donors (Lipinski definition) is 2. The minimum atomic E-state index is -3.96. The van der Waals surface area contributed by atoms with Crippen LogP contribution in [0.15, 0.2) is 23.1 Å². The lowest BCUT2D eigenvalue weighted by atomic mass is 9.88. The molecule has 0 radical (unpaired) electrons. The normalized spacial score (nSPS) is 22.7. The zero-order valence-corrected chi connectivity index (χ0v) is 14.2. The summed E-state index contributed by atoms with van der Waals surface area (Å²) in [6.07, 6.45) is 4.37. The molecule has 1 unspecified atom stereocenters. The van der Waals surface area contributed by atoms with Gasteiger partial charge < -0.3 is 10.2 Å². The first-order valence-electron chi connectivity index (χ1n) is 8.16. The number of nitrogens with two attached hydrogens (primary N) is 1. The highest BCUT2D eigenvalue weighted by Gasteiger charge is 2.31. The number of benzene rings is 1. The van der Waals surface area contributed by atoms with Gasteiger partial charge in [-0.3, -0.25) is 10.1 Å². The fourth-order valence-electron chi connectivity index (χ4n) is 3.75. The van der Waals surface area contributed by atoms with Crippen LogP contribution in [0.3, 0.4) is 0 Å². The van der Waals surface area contributed by atoms with E-state index in [4.69, 9.17) is 5.14 Å². The number of piperidine rings is 1. The highest BCUT2D eigenvalue weighted by molar-refractivity contribution is 7.89. The summed E-state index contributed by atoms with van der Waals surface area (Å²) in [7, 11) is -3.96. The molecule has 1 aromatic rings. The number of anilines is 1. The Balaban J connectivity index is 1.78. The third-order valence-electron chi connectivity index (χ3n) is 5.02. The third kappa shape index (κ3) is 3.52. The Labute approximate surface area is 141 Å². The Morgan fingerprint density at radius 3 is 2.50 bits per heavy atom. The Hall–Kier alpha value is -1.71. The molecule has 2 saturated heterocycles. The van der Waals surface area contributed by atoms with Crippen LogP contribution >= 0.6 is 0 Å². The van der Waals surface area contributed by atoms with Crippen LogP contribution in [0.4, 0.5) is 11.4 Å². The summed E-state index contributed by atoms with van der Waals surface area (Å²) in [6.45, 7) is 2.54. The van der Waals surface area contributed by atoms with Crippen LogP contribution in [0.25, 0.3) is 0 Å². The SMILES string of the molecule is NS(=O)(=O)c1ccc(N2CCC(C3CCCN3)CC2)c([N+](=O)[O-])c1. The number of nitrogens with zero attached hydrogens (tertiary/aromatic N) is 2. The first kappa shape index (κ1) is 17.1. The molecule has 3 N–H and O–H groups in total. The predicted molar refractivity (Wildman–Crippen MR) is 90.4 cm³/mol. The van der Waals surface area contributed by atoms with E-state index >= 15 is 0 Å². The van der Waals surface area contributed by atoms with Gasteiger partial charge in [0.25, 0.3) is 5.69 Å². The van der Waals surface area contributed by atoms with Crippen LogP contribution in [0.2, 0.25) is 0 Å². The summed E-state index contributed by atoms with van der Waals surface area (Å²) in [4.78, 5) is 12.5. The van der Waals surface area contributed by atoms with Gasteiger partial charge in [0.2, 0.25) is 10.0 Å². The maximum absolute atomic E-state index is 11.4. The number of hydrogen-bond acceptors (Lipinski definition) is 6. The van der Waals surface area contributed by atoms with Crippen molar-refractivity contribution in [3.63, 3.8) is 0 Å². The fourth-order valence-corrected chi connectivity index (χ4v) is 4.28. The highest BCUT2D eigenvalue weighted by Crippen LogP contribution is 2.34. The van der Waals surface area contributed by atoms with Gasteiger partial charge in [0.1, 0.15) is 5.69 Å². The van der Waals surface area contributed by atoms with E-state index in [1.165, 1.54) is 25.0 Å². The molecular formula is C15H22N4O4S. The first-order valence-corrected chi connectivity index (χ1v) is 9.70. The molecule has 0 aromatic heterocycles. The monoisotopic (exact) mass is 354 g/mol. The topological polar surface area (TPSA) is 119 Å². The van der Waals surface area contributed by atoms with E-state index in [0.29, 0.717) is 17.6 Å². The summed E-state index contributed by atoms with van der Waals surface area (Å²) >= 11 is 0. The van der Waals surface area contributed by atoms with Crippen molar-refractivity contribution < 1.29 is 13.3 Å². The van der Waals surface area contributed by atoms with Crippen molar-refractivity contribution >= 4 is 21.4 Å². The molecule has 2 heterocycles. The number of primary sulfonamides is 1. The average Bonchev–Trinajstić information content (AvgIpc) is 3.08. The molecular weight excluding hydrogens is 332 g/mol. The van der Waals surface area contributed by atoms with Crippen molar-refractivity contribution in [2.45, 2.75) is 36.6 Å². The quantitative estimate of drug-likeness (QED) is 0.620. The van der Waals surface area contributed by atoms with Gasteiger partial charge in [-0.2, -0.15) is 0 Å². The Morgan fingerprint density at radius 2 is 1.96 bits per heavy atom. The van der Waals surface area contributed by atoms with E-state index in [0.717, 1.165) is 38.5 Å². The lowest BCUT2D eigenvalue weighted by Gasteiger charge is -2.36. The summed E-state index contributed by atoms with van der Waals surface area (Å²) in [6, 6.07) is 4.44. The van der Waals surface area contributed by atoms with Gasteiger partial charge in [-0.1, -0.05) is 0 Å². The first-order chi connectivity index (χ1) is 11.4. The van der Waals surface area contributed by atoms with Gasteiger partial charge >= 0.3 is 0 Å². The van der Waals surface area contributed by atoms with E-state index < -0.39 is 14.9 Å². The second kappa shape index (κ2) is 6.66. The minimum absolute atomic E-state index is 0.209. The van der Waals surface area contributed by atoms with Crippen molar-refractivity contribution in [1.82, 2.24) is 5.32 Å². The second-order valence-electron chi connectivity index (χ2n) is 6.48. The van der Waals surface area contributed by atoms with Gasteiger partial charge in [0.15, 0.2) is 0 Å². The average molecular weight is 354 g/mol. The maximum atomic E-state index is 11.4. The van der Waals surface area contributed by atoms with Crippen LogP contribution in [0.5, 0.6) is 0 Å². The van der Waals surface area contributed by atoms with Crippen molar-refractivity contribution in [1.29, 1.82) is 0 Å². The second-order valence-corrected chi connectivity index (χ2v) is 8.04. The van der Waals surface area contributed by atoms with Crippen LogP contribution in [-0.4, -0.2) is 39.0 Å². The van der Waals surface area contributed by atoms with Gasteiger partial charge in [-0.05, 0) is 50.3 Å². The standard InChI is InChI=1S/C15H22N4O4S/c16-24(22,23)12-3-4-14(15(10-12)19(20)21)18-8-5-11(6-9-18)13-2-1-7-17-13/h3-4,10-11,13,17H,1-2,5-9H2,(H2,16,22,23). The molecule has 2 fully saturated rings. The number of nitro benzene ring substituents is 1. The van der Waals surface area contributed by atoms with E-state index in [2.05, 4.69) is 5.32 Å². The largest absolute Gasteiger partial charge is 0.366 e. The molecule has 0 spiro atoms. The van der Waals surface area contributed by atoms with Gasteiger partial charge in [0.05, 0.1) is 9.82 Å². The zero-order valence-electron chi connectivity index (χ0n) is 13.3. The Bertz CT molecular complexity index is 723. The molecule has 0 aliphatic carbocycles. The minimum Gasteiger partial charge on any atom is -0.366 e. The van der Waals surface area contributed by atoms with Crippen LogP contribution in [0.1, 0.15) is 25.7 Å². The third-order valence-corrected chi connectivity index (χ3v) is 5.93. The molecule has 0 amide bonds. The number of rotatable bonds is 4. The van der Waals surface area contributed by atoms with Crippen LogP contribution < -0.4 is 15.4 Å². The van der Waals surface area contributed by atoms with E-state index in [9.17, 15) is 18.5 Å². The number of nitrogens with one attached hydrogen (secondary N) is 1. The molecule has 132 valence electrons. The molecule has 2 aliphatic rings. The predicted octanol–water partition coefficient (Wildman–Crippen LogP) is 1.21. The van der Waals surface area contributed by atoms with Gasteiger partial charge in [0, 0.05) is 25.2 Å². The van der Waals surface area contributed by atoms with Crippen molar-refractivity contribution in [2.24, 2.45) is 11.1 Å². The van der Waals surface area contributed by atoms with Crippen LogP contribution in [-0.2, 0) is 10.0 Å². The van der Waals surface area contributed by atoms with E-state index in [1.807, 2.05) is 4.90 Å². The van der Waals surface area contributed by atoms with Crippen molar-refractivity contribution in [2.75, 3.05) is 24.5 Å². The van der Waals surface area contributed by atoms with E-state index in [1.54, 1.807) is 0 Å². The fraction of sp³-hybridized carbons (Fsp3) is 0.600. The molecule has 1 atom stereocenters. The van der Waals surface area contributed by atoms with Gasteiger partial charge in [-0.15, -0.1) is 0 Å². The molecule has 2 aliphatic heterocycles. The molecule has 0 bridgehead atoms. The maximum Gasteiger partial charge on any atom is 0.293 e. The number of sulfonamides is 1. The highest BCUT2D eigenvalue weighted by atomic mass is 32.2. The number of nitro groups is 1. The molecule has 0 saturated carbocycles. The lowest BCUT2D eigenvalue weighted by Crippen LogP contribution is -2.41. The molecule has 8 nitrogen and oxygen atoms in total. The molecule has 3 rings (SSSR count). The van der Waals surface area contributed by atoms with E-state index in [-0.39, 0.29) is 10.6 Å². The molecule has 1 aromatic carbocycles. The van der Waals surface area contributed by atoms with Crippen molar-refractivity contribution in [3.8, 4) is 0 Å². The zero-order chi connectivity index (χ0) is 17.3. The van der Waals surface area contributed by atoms with Crippen molar-refractivity contribution in [3.05, 3.63) is 28.3 Å². The Morgan fingerprint density at radius 1 is 1.25 bits per heavy atom. The molecule has 24 heavy (non-hydrogen) atoms. The smallest absolute Gasteiger partial charge is 0.293 e. The summed E-state index contributed by atoms with van der Waals surface area (Å²) in [5, 5.41) is 19.9. The molecule has 9 heteroatoms. The summed E-state index contributed by atoms with van der Waals surface area (Å²) in [5.41, 5.74) is 0.254. The summed E-state index contributed by atoms with van der Waals surface area (Å²) in [5.74, 6) is 0.603. The van der Waals surface area contributed by atoms with Gasteiger partial charge in [-0.25, -0.2) is 13.6 Å². The lowest BCUT2D eigenvalue weighted by molar-refractivity contribution is -0.384. The summed E-state index contributed by atoms with van der Waals surface area (Å²) < 4.78 is 22.8. The Kier molecular flexibility index (Phi) is 4.75.